The van der Waals surface area contributed by atoms with E-state index in [0.717, 1.165) is 24.3 Å². The first-order chi connectivity index (χ1) is 14.1. The normalized spacial score (nSPS) is 20.8. The van der Waals surface area contributed by atoms with Crippen LogP contribution in [0, 0.1) is 0 Å². The van der Waals surface area contributed by atoms with Crippen molar-refractivity contribution in [3.05, 3.63) is 77.4 Å². The number of likely N-dealkylation sites (tertiary alicyclic amines) is 1. The van der Waals surface area contributed by atoms with Crippen LogP contribution >= 0.6 is 0 Å². The molecule has 1 fully saturated rings. The summed E-state index contributed by atoms with van der Waals surface area (Å²) < 4.78 is 6.07. The molecule has 0 amide bonds. The van der Waals surface area contributed by atoms with E-state index in [4.69, 9.17) is 4.74 Å². The molecule has 1 unspecified atom stereocenters. The summed E-state index contributed by atoms with van der Waals surface area (Å²) in [5.74, 6) is 1.54. The Morgan fingerprint density at radius 1 is 1.10 bits per heavy atom. The molecule has 0 aromatic heterocycles. The zero-order chi connectivity index (χ0) is 20.2. The van der Waals surface area contributed by atoms with Crippen molar-refractivity contribution in [3.8, 4) is 11.5 Å². The number of phenols is 1. The molecule has 1 saturated heterocycles. The Morgan fingerprint density at radius 3 is 2.59 bits per heavy atom. The van der Waals surface area contributed by atoms with E-state index in [1.807, 2.05) is 12.1 Å². The summed E-state index contributed by atoms with van der Waals surface area (Å²) in [6.07, 6.45) is 8.02. The van der Waals surface area contributed by atoms with Gasteiger partial charge < -0.3 is 9.84 Å². The average Bonchev–Trinajstić information content (AvgIpc) is 3.27. The molecule has 3 heteroatoms. The lowest BCUT2D eigenvalue weighted by molar-refractivity contribution is 0.172. The predicted octanol–water partition coefficient (Wildman–Crippen LogP) is 5.77. The number of nitrogens with zero attached hydrogens (tertiary/aromatic N) is 1. The highest BCUT2D eigenvalue weighted by atomic mass is 16.5. The van der Waals surface area contributed by atoms with E-state index >= 15 is 0 Å². The maximum Gasteiger partial charge on any atom is 0.119 e. The molecule has 2 aromatic rings. The van der Waals surface area contributed by atoms with E-state index < -0.39 is 0 Å². The number of benzene rings is 2. The van der Waals surface area contributed by atoms with Crippen LogP contribution in [0.3, 0.4) is 0 Å². The summed E-state index contributed by atoms with van der Waals surface area (Å²) in [6.45, 7) is 7.53. The van der Waals surface area contributed by atoms with Crippen LogP contribution < -0.4 is 4.74 Å². The molecule has 3 nitrogen and oxygen atoms in total. The molecule has 2 aliphatic rings. The fourth-order valence-electron chi connectivity index (χ4n) is 4.57. The van der Waals surface area contributed by atoms with Crippen molar-refractivity contribution < 1.29 is 9.84 Å². The second kappa shape index (κ2) is 8.87. The minimum absolute atomic E-state index is 0.291. The summed E-state index contributed by atoms with van der Waals surface area (Å²) in [5.41, 5.74) is 4.93. The fraction of sp³-hybridized carbons (Fsp3) is 0.385. The lowest BCUT2D eigenvalue weighted by atomic mass is 9.79. The predicted molar refractivity (Wildman–Crippen MR) is 119 cm³/mol. The van der Waals surface area contributed by atoms with E-state index in [-0.39, 0.29) is 0 Å². The molecule has 4 rings (SSSR count). The topological polar surface area (TPSA) is 32.7 Å². The number of ether oxygens (including phenoxy) is 1. The number of hydrogen-bond acceptors (Lipinski definition) is 3. The number of aromatic hydroxyl groups is 1. The standard InChI is InChI=1S/C26H31NO2/c1-19-7-5-10-25(26(19)22-8-6-9-23(28)17-22)21-11-13-24(14-12-21)29-18-20(2)27-15-3-4-16-27/h5-9,11-14,17,20,25,28H,3-4,10,15-16,18H2,1-2H3/t20-,25?/m0/s1. The number of allylic oxidation sites excluding steroid dienone is 4. The van der Waals surface area contributed by atoms with Crippen LogP contribution in [0.1, 0.15) is 50.2 Å². The quantitative estimate of drug-likeness (QED) is 0.680. The van der Waals surface area contributed by atoms with Crippen LogP contribution in [-0.4, -0.2) is 35.7 Å². The molecule has 1 N–H and O–H groups in total. The average molecular weight is 390 g/mol. The lowest BCUT2D eigenvalue weighted by Gasteiger charge is -2.26. The minimum Gasteiger partial charge on any atom is -0.508 e. The Labute approximate surface area is 174 Å². The van der Waals surface area contributed by atoms with Crippen LogP contribution in [0.2, 0.25) is 0 Å². The largest absolute Gasteiger partial charge is 0.508 e. The highest BCUT2D eigenvalue weighted by Crippen LogP contribution is 2.41. The van der Waals surface area contributed by atoms with Crippen LogP contribution in [0.25, 0.3) is 5.57 Å². The van der Waals surface area contributed by atoms with Crippen molar-refractivity contribution >= 4 is 5.57 Å². The monoisotopic (exact) mass is 389 g/mol. The Kier molecular flexibility index (Phi) is 6.05. The molecule has 2 aromatic carbocycles. The zero-order valence-corrected chi connectivity index (χ0v) is 17.5. The highest BCUT2D eigenvalue weighted by Gasteiger charge is 2.22. The van der Waals surface area contributed by atoms with Gasteiger partial charge in [-0.25, -0.2) is 0 Å². The number of rotatable bonds is 6. The SMILES string of the molecule is CC1=C(c2cccc(O)c2)C(c2ccc(OC[C@H](C)N3CCCC3)cc2)CC=C1. The van der Waals surface area contributed by atoms with E-state index in [9.17, 15) is 5.11 Å². The molecule has 0 spiro atoms. The second-order valence-corrected chi connectivity index (χ2v) is 8.31. The van der Waals surface area contributed by atoms with Gasteiger partial charge in [0.25, 0.3) is 0 Å². The van der Waals surface area contributed by atoms with Gasteiger partial charge in [-0.15, -0.1) is 0 Å². The van der Waals surface area contributed by atoms with Gasteiger partial charge in [0, 0.05) is 12.0 Å². The molecule has 152 valence electrons. The Morgan fingerprint density at radius 2 is 1.86 bits per heavy atom. The number of phenolic OH excluding ortho intramolecular Hbond substituents is 1. The van der Waals surface area contributed by atoms with E-state index in [1.54, 1.807) is 6.07 Å². The summed E-state index contributed by atoms with van der Waals surface area (Å²) in [5, 5.41) is 9.95. The third kappa shape index (κ3) is 4.56. The van der Waals surface area contributed by atoms with Crippen LogP contribution in [-0.2, 0) is 0 Å². The summed E-state index contributed by atoms with van der Waals surface area (Å²) >= 11 is 0. The Bertz CT molecular complexity index is 891. The maximum atomic E-state index is 9.95. The molecule has 1 aliphatic carbocycles. The molecule has 0 radical (unpaired) electrons. The first-order valence-electron chi connectivity index (χ1n) is 10.8. The zero-order valence-electron chi connectivity index (χ0n) is 17.5. The molecule has 29 heavy (non-hydrogen) atoms. The van der Waals surface area contributed by atoms with Crippen molar-refractivity contribution in [3.63, 3.8) is 0 Å². The summed E-state index contributed by atoms with van der Waals surface area (Å²) in [4.78, 5) is 2.51. The van der Waals surface area contributed by atoms with Crippen LogP contribution in [0.5, 0.6) is 11.5 Å². The molecule has 1 aliphatic heterocycles. The van der Waals surface area contributed by atoms with Gasteiger partial charge in [0.15, 0.2) is 0 Å². The van der Waals surface area contributed by atoms with Gasteiger partial charge in [-0.2, -0.15) is 0 Å². The van der Waals surface area contributed by atoms with Crippen molar-refractivity contribution in [2.24, 2.45) is 0 Å². The Balaban J connectivity index is 1.48. The molecular weight excluding hydrogens is 358 g/mol. The third-order valence-corrected chi connectivity index (χ3v) is 6.21. The molecule has 2 atom stereocenters. The van der Waals surface area contributed by atoms with Crippen molar-refractivity contribution in [1.82, 2.24) is 4.90 Å². The molecule has 0 bridgehead atoms. The fourth-order valence-corrected chi connectivity index (χ4v) is 4.57. The van der Waals surface area contributed by atoms with Crippen molar-refractivity contribution in [2.45, 2.75) is 45.1 Å². The van der Waals surface area contributed by atoms with Gasteiger partial charge in [-0.05, 0) is 92.7 Å². The van der Waals surface area contributed by atoms with E-state index in [0.29, 0.717) is 17.7 Å². The van der Waals surface area contributed by atoms with Crippen LogP contribution in [0.15, 0.2) is 66.3 Å². The van der Waals surface area contributed by atoms with Crippen molar-refractivity contribution in [1.29, 1.82) is 0 Å². The third-order valence-electron chi connectivity index (χ3n) is 6.21. The van der Waals surface area contributed by atoms with Crippen molar-refractivity contribution in [2.75, 3.05) is 19.7 Å². The Hall–Kier alpha value is -2.52. The summed E-state index contributed by atoms with van der Waals surface area (Å²) in [6, 6.07) is 16.6. The first kappa shape index (κ1) is 19.8. The van der Waals surface area contributed by atoms with Gasteiger partial charge in [0.2, 0.25) is 0 Å². The second-order valence-electron chi connectivity index (χ2n) is 8.31. The maximum absolute atomic E-state index is 9.95. The van der Waals surface area contributed by atoms with Gasteiger partial charge in [-0.1, -0.05) is 36.4 Å². The molecule has 0 saturated carbocycles. The highest BCUT2D eigenvalue weighted by molar-refractivity contribution is 5.77. The lowest BCUT2D eigenvalue weighted by Crippen LogP contribution is -2.34. The van der Waals surface area contributed by atoms with Gasteiger partial charge in [0.05, 0.1) is 0 Å². The first-order valence-corrected chi connectivity index (χ1v) is 10.8. The minimum atomic E-state index is 0.291. The van der Waals surface area contributed by atoms with Gasteiger partial charge in [-0.3, -0.25) is 4.90 Å². The smallest absolute Gasteiger partial charge is 0.119 e. The van der Waals surface area contributed by atoms with Gasteiger partial charge >= 0.3 is 0 Å². The van der Waals surface area contributed by atoms with Crippen LogP contribution in [0.4, 0.5) is 0 Å². The van der Waals surface area contributed by atoms with Gasteiger partial charge in [0.1, 0.15) is 18.1 Å². The van der Waals surface area contributed by atoms with E-state index in [2.05, 4.69) is 61.2 Å². The summed E-state index contributed by atoms with van der Waals surface area (Å²) in [7, 11) is 0. The van der Waals surface area contributed by atoms with E-state index in [1.165, 1.54) is 42.6 Å². The molecule has 1 heterocycles. The molecular formula is C26H31NO2. The number of hydrogen-bond donors (Lipinski definition) is 1.